The molecule has 4 nitrogen and oxygen atoms in total. The van der Waals surface area contributed by atoms with Crippen LogP contribution in [0.3, 0.4) is 0 Å². The van der Waals surface area contributed by atoms with Gasteiger partial charge in [0, 0.05) is 18.6 Å². The second kappa shape index (κ2) is 8.24. The van der Waals surface area contributed by atoms with Crippen molar-refractivity contribution in [2.75, 3.05) is 13.2 Å². The molecule has 1 saturated heterocycles. The zero-order valence-electron chi connectivity index (χ0n) is 17.8. The largest absolute Gasteiger partial charge is 0.375 e. The van der Waals surface area contributed by atoms with E-state index in [2.05, 4.69) is 60.3 Å². The third kappa shape index (κ3) is 7.16. The van der Waals surface area contributed by atoms with E-state index in [1.807, 2.05) is 0 Å². The first-order valence-corrected chi connectivity index (χ1v) is 10.2. The maximum atomic E-state index is 6.38. The molecular weight excluding hydrogens is 314 g/mol. The number of ether oxygens (including phenoxy) is 3. The molecule has 2 atom stereocenters. The first-order valence-electron chi connectivity index (χ1n) is 10.2. The topological polar surface area (TPSA) is 30.9 Å². The lowest BCUT2D eigenvalue weighted by Gasteiger charge is -2.46. The average molecular weight is 356 g/mol. The normalized spacial score (nSPS) is 34.8. The predicted molar refractivity (Wildman–Crippen MR) is 103 cm³/mol. The van der Waals surface area contributed by atoms with Crippen molar-refractivity contribution in [2.45, 2.75) is 123 Å². The van der Waals surface area contributed by atoms with Crippen LogP contribution in [0.5, 0.6) is 0 Å². The van der Waals surface area contributed by atoms with Gasteiger partial charge in [0.25, 0.3) is 0 Å². The van der Waals surface area contributed by atoms with Crippen LogP contribution in [0.4, 0.5) is 0 Å². The molecule has 0 radical (unpaired) electrons. The molecule has 0 aromatic heterocycles. The summed E-state index contributed by atoms with van der Waals surface area (Å²) >= 11 is 0. The molecule has 2 unspecified atom stereocenters. The molecule has 25 heavy (non-hydrogen) atoms. The lowest BCUT2D eigenvalue weighted by molar-refractivity contribution is -0.173. The van der Waals surface area contributed by atoms with Crippen LogP contribution in [0, 0.1) is 0 Å². The Labute approximate surface area is 155 Å². The number of hydrogen-bond acceptors (Lipinski definition) is 4. The fourth-order valence-corrected chi connectivity index (χ4v) is 4.07. The molecule has 0 N–H and O–H groups in total. The first kappa shape index (κ1) is 21.1. The molecule has 0 aromatic carbocycles. The second-order valence-corrected chi connectivity index (χ2v) is 10.1. The van der Waals surface area contributed by atoms with E-state index in [0.29, 0.717) is 30.4 Å². The van der Waals surface area contributed by atoms with Crippen molar-refractivity contribution < 1.29 is 14.2 Å². The zero-order chi connectivity index (χ0) is 18.8. The van der Waals surface area contributed by atoms with Gasteiger partial charge in [-0.2, -0.15) is 0 Å². The summed E-state index contributed by atoms with van der Waals surface area (Å²) < 4.78 is 18.3. The molecule has 0 bridgehead atoms. The molecule has 1 heterocycles. The van der Waals surface area contributed by atoms with Crippen LogP contribution in [-0.2, 0) is 14.2 Å². The van der Waals surface area contributed by atoms with E-state index in [-0.39, 0.29) is 11.2 Å². The summed E-state index contributed by atoms with van der Waals surface area (Å²) in [7, 11) is 0. The van der Waals surface area contributed by atoms with E-state index in [4.69, 9.17) is 14.2 Å². The van der Waals surface area contributed by atoms with Gasteiger partial charge in [-0.05, 0) is 81.1 Å². The van der Waals surface area contributed by atoms with Gasteiger partial charge in [-0.3, -0.25) is 4.90 Å². The Morgan fingerprint density at radius 2 is 1.28 bits per heavy atom. The van der Waals surface area contributed by atoms with Crippen LogP contribution in [0.15, 0.2) is 0 Å². The van der Waals surface area contributed by atoms with Gasteiger partial charge in [0.15, 0.2) is 0 Å². The Balaban J connectivity index is 1.70. The maximum Gasteiger partial charge on any atom is 0.0631 e. The SMILES string of the molecule is CC1CC(OC2CC(OC(C)(C)C)C2)CC(C)N1CCOC(C)(C)C. The van der Waals surface area contributed by atoms with Crippen molar-refractivity contribution in [3.8, 4) is 0 Å². The molecule has 2 aliphatic rings. The lowest BCUT2D eigenvalue weighted by Crippen LogP contribution is -2.52. The van der Waals surface area contributed by atoms with Crippen molar-refractivity contribution in [1.29, 1.82) is 0 Å². The quantitative estimate of drug-likeness (QED) is 0.706. The minimum Gasteiger partial charge on any atom is -0.375 e. The van der Waals surface area contributed by atoms with Crippen LogP contribution in [0.1, 0.15) is 81.1 Å². The minimum absolute atomic E-state index is 0.0425. The van der Waals surface area contributed by atoms with Crippen molar-refractivity contribution in [3.05, 3.63) is 0 Å². The van der Waals surface area contributed by atoms with Crippen LogP contribution >= 0.6 is 0 Å². The zero-order valence-corrected chi connectivity index (χ0v) is 17.8. The van der Waals surface area contributed by atoms with E-state index in [1.54, 1.807) is 0 Å². The van der Waals surface area contributed by atoms with Gasteiger partial charge in [0.05, 0.1) is 36.1 Å². The van der Waals surface area contributed by atoms with Gasteiger partial charge in [-0.25, -0.2) is 0 Å². The minimum atomic E-state index is -0.0518. The number of piperidine rings is 1. The third-order valence-electron chi connectivity index (χ3n) is 5.18. The van der Waals surface area contributed by atoms with Crippen molar-refractivity contribution in [1.82, 2.24) is 4.90 Å². The van der Waals surface area contributed by atoms with E-state index in [9.17, 15) is 0 Å². The molecule has 1 aliphatic heterocycles. The molecule has 2 rings (SSSR count). The highest BCUT2D eigenvalue weighted by Gasteiger charge is 2.38. The van der Waals surface area contributed by atoms with Gasteiger partial charge in [-0.1, -0.05) is 0 Å². The predicted octanol–water partition coefficient (Wildman–Crippen LogP) is 4.41. The van der Waals surface area contributed by atoms with Gasteiger partial charge < -0.3 is 14.2 Å². The summed E-state index contributed by atoms with van der Waals surface area (Å²) in [5.41, 5.74) is -0.0943. The van der Waals surface area contributed by atoms with Crippen LogP contribution in [-0.4, -0.2) is 59.6 Å². The Morgan fingerprint density at radius 3 is 1.76 bits per heavy atom. The Bertz CT molecular complexity index is 394. The number of hydrogen-bond donors (Lipinski definition) is 0. The van der Waals surface area contributed by atoms with E-state index >= 15 is 0 Å². The Hall–Kier alpha value is -0.160. The van der Waals surface area contributed by atoms with E-state index in [1.165, 1.54) is 0 Å². The summed E-state index contributed by atoms with van der Waals surface area (Å²) in [5, 5.41) is 0. The van der Waals surface area contributed by atoms with Gasteiger partial charge in [0.1, 0.15) is 0 Å². The van der Waals surface area contributed by atoms with E-state index < -0.39 is 0 Å². The average Bonchev–Trinajstić information content (AvgIpc) is 2.36. The highest BCUT2D eigenvalue weighted by atomic mass is 16.5. The maximum absolute atomic E-state index is 6.38. The Morgan fingerprint density at radius 1 is 0.760 bits per heavy atom. The highest BCUT2D eigenvalue weighted by molar-refractivity contribution is 4.89. The molecule has 148 valence electrons. The second-order valence-electron chi connectivity index (χ2n) is 10.1. The first-order chi connectivity index (χ1) is 11.4. The molecule has 4 heteroatoms. The monoisotopic (exact) mass is 355 g/mol. The number of rotatable bonds is 6. The summed E-state index contributed by atoms with van der Waals surface area (Å²) in [6, 6.07) is 1.11. The molecule has 0 aromatic rings. The Kier molecular flexibility index (Phi) is 6.97. The summed E-state index contributed by atoms with van der Waals surface area (Å²) in [4.78, 5) is 2.58. The molecule has 2 fully saturated rings. The van der Waals surface area contributed by atoms with Gasteiger partial charge in [-0.15, -0.1) is 0 Å². The molecule has 0 amide bonds. The lowest BCUT2D eigenvalue weighted by atomic mass is 9.89. The van der Waals surface area contributed by atoms with Gasteiger partial charge >= 0.3 is 0 Å². The van der Waals surface area contributed by atoms with Crippen molar-refractivity contribution in [3.63, 3.8) is 0 Å². The van der Waals surface area contributed by atoms with Gasteiger partial charge in [0.2, 0.25) is 0 Å². The van der Waals surface area contributed by atoms with Crippen molar-refractivity contribution in [2.24, 2.45) is 0 Å². The fraction of sp³-hybridized carbons (Fsp3) is 1.00. The third-order valence-corrected chi connectivity index (χ3v) is 5.18. The smallest absolute Gasteiger partial charge is 0.0631 e. The van der Waals surface area contributed by atoms with Crippen molar-refractivity contribution >= 4 is 0 Å². The van der Waals surface area contributed by atoms with Crippen LogP contribution in [0.2, 0.25) is 0 Å². The molecule has 1 aliphatic carbocycles. The molecule has 0 spiro atoms. The standard InChI is InChI=1S/C21H41NO3/c1-15-11-17(24-18-13-19(14-18)25-21(6,7)8)12-16(2)22(15)9-10-23-20(3,4)5/h15-19H,9-14H2,1-8H3. The number of nitrogens with zero attached hydrogens (tertiary/aromatic N) is 1. The van der Waals surface area contributed by atoms with Crippen LogP contribution in [0.25, 0.3) is 0 Å². The summed E-state index contributed by atoms with van der Waals surface area (Å²) in [5.74, 6) is 0. The molecule has 1 saturated carbocycles. The summed E-state index contributed by atoms with van der Waals surface area (Å²) in [6.07, 6.45) is 5.54. The summed E-state index contributed by atoms with van der Waals surface area (Å²) in [6.45, 7) is 19.2. The highest BCUT2D eigenvalue weighted by Crippen LogP contribution is 2.34. The fourth-order valence-electron chi connectivity index (χ4n) is 4.07. The van der Waals surface area contributed by atoms with E-state index in [0.717, 1.165) is 38.8 Å². The number of likely N-dealkylation sites (tertiary alicyclic amines) is 1. The molecular formula is C21H41NO3. The van der Waals surface area contributed by atoms with Crippen LogP contribution < -0.4 is 0 Å².